The van der Waals surface area contributed by atoms with E-state index in [9.17, 15) is 4.79 Å². The lowest BCUT2D eigenvalue weighted by Gasteiger charge is -2.03. The largest absolute Gasteiger partial charge is 0.422 e. The summed E-state index contributed by atoms with van der Waals surface area (Å²) in [4.78, 5) is 11.4. The van der Waals surface area contributed by atoms with Crippen LogP contribution in [0.4, 0.5) is 0 Å². The highest BCUT2D eigenvalue weighted by atomic mass is 16.4. The third kappa shape index (κ3) is 2.00. The van der Waals surface area contributed by atoms with E-state index < -0.39 is 5.63 Å². The van der Waals surface area contributed by atoms with Crippen LogP contribution >= 0.6 is 0 Å². The average Bonchev–Trinajstić information content (AvgIpc) is 2.47. The molecule has 0 N–H and O–H groups in total. The average molecular weight is 247 g/mol. The first kappa shape index (κ1) is 11.2. The molecule has 19 heavy (non-hydrogen) atoms. The van der Waals surface area contributed by atoms with Crippen molar-refractivity contribution in [1.29, 1.82) is 5.26 Å². The SMILES string of the molecule is N#Cc1cc2cc(-c3ccccc3)ccc2oc1=O. The normalized spacial score (nSPS) is 10.3. The minimum atomic E-state index is -0.595. The molecule has 0 aliphatic heterocycles. The summed E-state index contributed by atoms with van der Waals surface area (Å²) in [5.41, 5.74) is 2.02. The Kier molecular flexibility index (Phi) is 2.62. The van der Waals surface area contributed by atoms with E-state index >= 15 is 0 Å². The Labute approximate surface area is 109 Å². The van der Waals surface area contributed by atoms with Crippen LogP contribution in [0.3, 0.4) is 0 Å². The molecule has 0 radical (unpaired) electrons. The lowest BCUT2D eigenvalue weighted by molar-refractivity contribution is 0.558. The molecule has 3 aromatic rings. The number of benzene rings is 2. The minimum absolute atomic E-state index is 0.0257. The fraction of sp³-hybridized carbons (Fsp3) is 0. The zero-order valence-corrected chi connectivity index (χ0v) is 9.96. The molecule has 0 saturated heterocycles. The van der Waals surface area contributed by atoms with Crippen molar-refractivity contribution in [3.05, 3.63) is 70.6 Å². The zero-order valence-electron chi connectivity index (χ0n) is 9.96. The molecule has 2 aromatic carbocycles. The lowest BCUT2D eigenvalue weighted by atomic mass is 10.0. The van der Waals surface area contributed by atoms with Gasteiger partial charge < -0.3 is 4.42 Å². The number of fused-ring (bicyclic) bond motifs is 1. The second-order valence-electron chi connectivity index (χ2n) is 4.18. The van der Waals surface area contributed by atoms with E-state index in [4.69, 9.17) is 9.68 Å². The Morgan fingerprint density at radius 1 is 0.947 bits per heavy atom. The van der Waals surface area contributed by atoms with Crippen LogP contribution in [0.25, 0.3) is 22.1 Å². The van der Waals surface area contributed by atoms with Crippen LogP contribution in [0, 0.1) is 11.3 Å². The molecule has 0 atom stereocenters. The molecule has 0 saturated carbocycles. The van der Waals surface area contributed by atoms with Gasteiger partial charge in [0.25, 0.3) is 0 Å². The van der Waals surface area contributed by atoms with Gasteiger partial charge in [-0.05, 0) is 29.3 Å². The fourth-order valence-corrected chi connectivity index (χ4v) is 2.01. The summed E-state index contributed by atoms with van der Waals surface area (Å²) in [7, 11) is 0. The summed E-state index contributed by atoms with van der Waals surface area (Å²) >= 11 is 0. The monoisotopic (exact) mass is 247 g/mol. The fourth-order valence-electron chi connectivity index (χ4n) is 2.01. The number of hydrogen-bond acceptors (Lipinski definition) is 3. The van der Waals surface area contributed by atoms with E-state index in [0.717, 1.165) is 16.5 Å². The molecule has 0 aliphatic rings. The highest BCUT2D eigenvalue weighted by molar-refractivity contribution is 5.83. The number of rotatable bonds is 1. The summed E-state index contributed by atoms with van der Waals surface area (Å²) in [6.07, 6.45) is 0. The van der Waals surface area contributed by atoms with Gasteiger partial charge in [0.15, 0.2) is 0 Å². The van der Waals surface area contributed by atoms with Gasteiger partial charge in [0.2, 0.25) is 0 Å². The third-order valence-corrected chi connectivity index (χ3v) is 2.96. The quantitative estimate of drug-likeness (QED) is 0.620. The van der Waals surface area contributed by atoms with Gasteiger partial charge in [0.05, 0.1) is 0 Å². The molecule has 3 nitrogen and oxygen atoms in total. The maximum atomic E-state index is 11.4. The van der Waals surface area contributed by atoms with E-state index in [1.807, 2.05) is 48.5 Å². The van der Waals surface area contributed by atoms with E-state index in [1.165, 1.54) is 0 Å². The van der Waals surface area contributed by atoms with E-state index in [0.29, 0.717) is 5.58 Å². The summed E-state index contributed by atoms with van der Waals surface area (Å²) in [6.45, 7) is 0. The summed E-state index contributed by atoms with van der Waals surface area (Å²) in [6, 6.07) is 18.9. The van der Waals surface area contributed by atoms with E-state index in [2.05, 4.69) is 0 Å². The zero-order chi connectivity index (χ0) is 13.2. The van der Waals surface area contributed by atoms with Crippen molar-refractivity contribution in [3.8, 4) is 17.2 Å². The second kappa shape index (κ2) is 4.43. The molecule has 0 bridgehead atoms. The smallest absolute Gasteiger partial charge is 0.354 e. The van der Waals surface area contributed by atoms with Crippen molar-refractivity contribution >= 4 is 11.0 Å². The molecule has 0 amide bonds. The van der Waals surface area contributed by atoms with Crippen molar-refractivity contribution in [1.82, 2.24) is 0 Å². The second-order valence-corrected chi connectivity index (χ2v) is 4.18. The number of hydrogen-bond donors (Lipinski definition) is 0. The van der Waals surface area contributed by atoms with Crippen molar-refractivity contribution < 1.29 is 4.42 Å². The lowest BCUT2D eigenvalue weighted by Crippen LogP contribution is -2.02. The molecular formula is C16H9NO2. The Hall–Kier alpha value is -2.86. The van der Waals surface area contributed by atoms with Gasteiger partial charge in [-0.1, -0.05) is 36.4 Å². The minimum Gasteiger partial charge on any atom is -0.422 e. The van der Waals surface area contributed by atoms with Gasteiger partial charge in [-0.25, -0.2) is 4.79 Å². The molecule has 3 rings (SSSR count). The van der Waals surface area contributed by atoms with Crippen molar-refractivity contribution in [3.63, 3.8) is 0 Å². The highest BCUT2D eigenvalue weighted by Gasteiger charge is 2.05. The summed E-state index contributed by atoms with van der Waals surface area (Å²) < 4.78 is 5.10. The maximum absolute atomic E-state index is 11.4. The predicted molar refractivity (Wildman–Crippen MR) is 72.6 cm³/mol. The van der Waals surface area contributed by atoms with Crippen LogP contribution in [0.15, 0.2) is 63.8 Å². The third-order valence-electron chi connectivity index (χ3n) is 2.96. The van der Waals surface area contributed by atoms with Crippen LogP contribution < -0.4 is 5.63 Å². The Balaban J connectivity index is 2.24. The van der Waals surface area contributed by atoms with Crippen LogP contribution in [-0.2, 0) is 0 Å². The van der Waals surface area contributed by atoms with Crippen molar-refractivity contribution in [2.45, 2.75) is 0 Å². The summed E-state index contributed by atoms with van der Waals surface area (Å²) in [5, 5.41) is 9.60. The molecule has 0 unspecified atom stereocenters. The molecule has 0 spiro atoms. The van der Waals surface area contributed by atoms with Crippen molar-refractivity contribution in [2.24, 2.45) is 0 Å². The first-order valence-corrected chi connectivity index (χ1v) is 5.81. The van der Waals surface area contributed by atoms with Gasteiger partial charge in [-0.2, -0.15) is 5.26 Å². The topological polar surface area (TPSA) is 54.0 Å². The molecule has 3 heteroatoms. The van der Waals surface area contributed by atoms with Gasteiger partial charge in [-0.3, -0.25) is 0 Å². The predicted octanol–water partition coefficient (Wildman–Crippen LogP) is 3.33. The first-order chi connectivity index (χ1) is 9.28. The molecule has 0 aliphatic carbocycles. The summed E-state index contributed by atoms with van der Waals surface area (Å²) in [5.74, 6) is 0. The first-order valence-electron chi connectivity index (χ1n) is 5.81. The van der Waals surface area contributed by atoms with Crippen LogP contribution in [0.5, 0.6) is 0 Å². The van der Waals surface area contributed by atoms with Crippen LogP contribution in [0.2, 0.25) is 0 Å². The number of nitriles is 1. The highest BCUT2D eigenvalue weighted by Crippen LogP contribution is 2.23. The molecule has 90 valence electrons. The van der Waals surface area contributed by atoms with Gasteiger partial charge in [0.1, 0.15) is 17.2 Å². The van der Waals surface area contributed by atoms with Crippen LogP contribution in [0.1, 0.15) is 5.56 Å². The van der Waals surface area contributed by atoms with E-state index in [1.54, 1.807) is 12.1 Å². The van der Waals surface area contributed by atoms with Crippen LogP contribution in [-0.4, -0.2) is 0 Å². The van der Waals surface area contributed by atoms with E-state index in [-0.39, 0.29) is 5.56 Å². The molecule has 1 aromatic heterocycles. The van der Waals surface area contributed by atoms with Gasteiger partial charge >= 0.3 is 5.63 Å². The van der Waals surface area contributed by atoms with Crippen molar-refractivity contribution in [2.75, 3.05) is 0 Å². The molecule has 1 heterocycles. The van der Waals surface area contributed by atoms with Gasteiger partial charge in [-0.15, -0.1) is 0 Å². The maximum Gasteiger partial charge on any atom is 0.354 e. The Morgan fingerprint density at radius 3 is 2.47 bits per heavy atom. The molecule has 0 fully saturated rings. The number of nitrogens with zero attached hydrogens (tertiary/aromatic N) is 1. The standard InChI is InChI=1S/C16H9NO2/c17-10-14-9-13-8-12(11-4-2-1-3-5-11)6-7-15(13)19-16(14)18/h1-9H. The Bertz CT molecular complexity index is 842. The molecular weight excluding hydrogens is 238 g/mol. The Morgan fingerprint density at radius 2 is 1.74 bits per heavy atom. The van der Waals surface area contributed by atoms with Gasteiger partial charge in [0, 0.05) is 5.39 Å².